The summed E-state index contributed by atoms with van der Waals surface area (Å²) >= 11 is 0. The van der Waals surface area contributed by atoms with Gasteiger partial charge in [0, 0.05) is 6.42 Å². The standard InChI is InChI=1S/C11H18N2O3/c1-3-4-5-6-7-8-9-12-13-10(16-9)11(14)15-2/h3-8H2,1-2H3. The zero-order valence-electron chi connectivity index (χ0n) is 9.86. The highest BCUT2D eigenvalue weighted by molar-refractivity contribution is 5.83. The van der Waals surface area contributed by atoms with Crippen molar-refractivity contribution in [2.24, 2.45) is 0 Å². The van der Waals surface area contributed by atoms with E-state index >= 15 is 0 Å². The van der Waals surface area contributed by atoms with Crippen molar-refractivity contribution in [2.45, 2.75) is 45.4 Å². The number of aromatic nitrogens is 2. The van der Waals surface area contributed by atoms with Crippen LogP contribution in [0.2, 0.25) is 0 Å². The number of rotatable bonds is 7. The van der Waals surface area contributed by atoms with E-state index in [4.69, 9.17) is 4.42 Å². The lowest BCUT2D eigenvalue weighted by molar-refractivity contribution is 0.0554. The number of ether oxygens (including phenoxy) is 1. The number of carbonyl (C=O) groups excluding carboxylic acids is 1. The summed E-state index contributed by atoms with van der Waals surface area (Å²) in [4.78, 5) is 11.0. The first-order valence-electron chi connectivity index (χ1n) is 5.68. The molecule has 1 aromatic heterocycles. The van der Waals surface area contributed by atoms with Crippen LogP contribution in [0, 0.1) is 0 Å². The number of nitrogens with zero attached hydrogens (tertiary/aromatic N) is 2. The fourth-order valence-electron chi connectivity index (χ4n) is 1.40. The van der Waals surface area contributed by atoms with Crippen LogP contribution < -0.4 is 0 Å². The van der Waals surface area contributed by atoms with Crippen molar-refractivity contribution in [3.05, 3.63) is 11.8 Å². The second-order valence-electron chi connectivity index (χ2n) is 3.66. The Morgan fingerprint density at radius 1 is 1.25 bits per heavy atom. The van der Waals surface area contributed by atoms with Gasteiger partial charge in [-0.05, 0) is 6.42 Å². The smallest absolute Gasteiger partial charge is 0.396 e. The van der Waals surface area contributed by atoms with Crippen LogP contribution >= 0.6 is 0 Å². The predicted octanol–water partition coefficient (Wildman–Crippen LogP) is 2.37. The molecule has 0 spiro atoms. The molecule has 90 valence electrons. The van der Waals surface area contributed by atoms with Crippen molar-refractivity contribution in [1.82, 2.24) is 10.2 Å². The minimum atomic E-state index is -0.579. The van der Waals surface area contributed by atoms with Gasteiger partial charge in [0.15, 0.2) is 0 Å². The molecule has 0 bridgehead atoms. The van der Waals surface area contributed by atoms with E-state index in [9.17, 15) is 4.79 Å². The van der Waals surface area contributed by atoms with Gasteiger partial charge in [-0.2, -0.15) is 0 Å². The van der Waals surface area contributed by atoms with Gasteiger partial charge in [-0.25, -0.2) is 4.79 Å². The Kier molecular flexibility index (Phi) is 5.53. The second-order valence-corrected chi connectivity index (χ2v) is 3.66. The number of esters is 1. The second kappa shape index (κ2) is 6.98. The average molecular weight is 226 g/mol. The first-order valence-corrected chi connectivity index (χ1v) is 5.68. The summed E-state index contributed by atoms with van der Waals surface area (Å²) < 4.78 is 9.62. The van der Waals surface area contributed by atoms with Gasteiger partial charge in [0.25, 0.3) is 0 Å². The Hall–Kier alpha value is -1.39. The lowest BCUT2D eigenvalue weighted by Gasteiger charge is -1.96. The molecule has 5 nitrogen and oxygen atoms in total. The van der Waals surface area contributed by atoms with E-state index in [0.717, 1.165) is 19.3 Å². The van der Waals surface area contributed by atoms with E-state index < -0.39 is 5.97 Å². The molecule has 1 aromatic rings. The zero-order valence-corrected chi connectivity index (χ0v) is 9.86. The van der Waals surface area contributed by atoms with Crippen LogP contribution in [0.5, 0.6) is 0 Å². The normalized spacial score (nSPS) is 10.4. The number of aryl methyl sites for hydroxylation is 1. The van der Waals surface area contributed by atoms with Crippen molar-refractivity contribution < 1.29 is 13.9 Å². The fraction of sp³-hybridized carbons (Fsp3) is 0.727. The van der Waals surface area contributed by atoms with Gasteiger partial charge in [0.2, 0.25) is 5.89 Å². The van der Waals surface area contributed by atoms with Crippen molar-refractivity contribution >= 4 is 5.97 Å². The van der Waals surface area contributed by atoms with Gasteiger partial charge in [-0.3, -0.25) is 0 Å². The van der Waals surface area contributed by atoms with E-state index in [1.54, 1.807) is 0 Å². The van der Waals surface area contributed by atoms with Crippen LogP contribution in [0.1, 0.15) is 55.6 Å². The van der Waals surface area contributed by atoms with Crippen LogP contribution in [0.15, 0.2) is 4.42 Å². The number of hydrogen-bond acceptors (Lipinski definition) is 5. The van der Waals surface area contributed by atoms with Crippen LogP contribution in [0.25, 0.3) is 0 Å². The van der Waals surface area contributed by atoms with Crippen molar-refractivity contribution in [3.63, 3.8) is 0 Å². The van der Waals surface area contributed by atoms with E-state index in [2.05, 4.69) is 21.9 Å². The third-order valence-electron chi connectivity index (χ3n) is 2.32. The molecule has 0 aromatic carbocycles. The highest BCUT2D eigenvalue weighted by atomic mass is 16.5. The summed E-state index contributed by atoms with van der Waals surface area (Å²) in [6.45, 7) is 2.18. The molecular weight excluding hydrogens is 208 g/mol. The number of carbonyl (C=O) groups is 1. The highest BCUT2D eigenvalue weighted by Crippen LogP contribution is 2.08. The third kappa shape index (κ3) is 4.00. The summed E-state index contributed by atoms with van der Waals surface area (Å²) in [5.74, 6) is -0.132. The Morgan fingerprint density at radius 2 is 2.00 bits per heavy atom. The van der Waals surface area contributed by atoms with E-state index in [0.29, 0.717) is 5.89 Å². The third-order valence-corrected chi connectivity index (χ3v) is 2.32. The molecule has 0 unspecified atom stereocenters. The largest absolute Gasteiger partial charge is 0.462 e. The van der Waals surface area contributed by atoms with Crippen LogP contribution in [-0.4, -0.2) is 23.3 Å². The van der Waals surface area contributed by atoms with Gasteiger partial charge in [0.1, 0.15) is 0 Å². The maximum absolute atomic E-state index is 11.0. The van der Waals surface area contributed by atoms with Crippen molar-refractivity contribution in [1.29, 1.82) is 0 Å². The molecule has 0 saturated heterocycles. The number of unbranched alkanes of at least 4 members (excludes halogenated alkanes) is 4. The van der Waals surface area contributed by atoms with Gasteiger partial charge < -0.3 is 9.15 Å². The molecule has 1 heterocycles. The molecular formula is C11H18N2O3. The summed E-state index contributed by atoms with van der Waals surface area (Å²) in [5.41, 5.74) is 0. The number of methoxy groups -OCH3 is 1. The van der Waals surface area contributed by atoms with E-state index in [-0.39, 0.29) is 5.89 Å². The fourth-order valence-corrected chi connectivity index (χ4v) is 1.40. The van der Waals surface area contributed by atoms with E-state index in [1.807, 2.05) is 0 Å². The van der Waals surface area contributed by atoms with Gasteiger partial charge in [-0.1, -0.05) is 32.6 Å². The van der Waals surface area contributed by atoms with Gasteiger partial charge in [-0.15, -0.1) is 10.2 Å². The lowest BCUT2D eigenvalue weighted by Crippen LogP contribution is -2.00. The molecule has 0 atom stereocenters. The zero-order chi connectivity index (χ0) is 11.8. The summed E-state index contributed by atoms with van der Waals surface area (Å²) in [6.07, 6.45) is 6.62. The highest BCUT2D eigenvalue weighted by Gasteiger charge is 2.14. The molecule has 0 saturated carbocycles. The molecule has 0 amide bonds. The molecule has 5 heteroatoms. The van der Waals surface area contributed by atoms with Crippen LogP contribution in [0.4, 0.5) is 0 Å². The molecule has 16 heavy (non-hydrogen) atoms. The summed E-state index contributed by atoms with van der Waals surface area (Å²) in [6, 6.07) is 0. The molecule has 0 radical (unpaired) electrons. The number of hydrogen-bond donors (Lipinski definition) is 0. The molecule has 0 aliphatic carbocycles. The topological polar surface area (TPSA) is 65.2 Å². The van der Waals surface area contributed by atoms with Crippen LogP contribution in [0.3, 0.4) is 0 Å². The first kappa shape index (κ1) is 12.7. The molecule has 0 fully saturated rings. The summed E-state index contributed by atoms with van der Waals surface area (Å²) in [7, 11) is 1.29. The Morgan fingerprint density at radius 3 is 2.69 bits per heavy atom. The van der Waals surface area contributed by atoms with Crippen LogP contribution in [-0.2, 0) is 11.2 Å². The predicted molar refractivity (Wildman–Crippen MR) is 58.1 cm³/mol. The molecule has 0 N–H and O–H groups in total. The first-order chi connectivity index (χ1) is 7.77. The molecule has 0 aliphatic heterocycles. The van der Waals surface area contributed by atoms with Gasteiger partial charge in [0.05, 0.1) is 7.11 Å². The Labute approximate surface area is 95.2 Å². The van der Waals surface area contributed by atoms with Gasteiger partial charge >= 0.3 is 11.9 Å². The molecule has 0 aliphatic rings. The lowest BCUT2D eigenvalue weighted by atomic mass is 10.1. The monoisotopic (exact) mass is 226 g/mol. The van der Waals surface area contributed by atoms with Crippen molar-refractivity contribution in [2.75, 3.05) is 7.11 Å². The minimum absolute atomic E-state index is 0.0638. The Bertz CT molecular complexity index is 323. The quantitative estimate of drug-likeness (QED) is 0.527. The van der Waals surface area contributed by atoms with Crippen molar-refractivity contribution in [3.8, 4) is 0 Å². The minimum Gasteiger partial charge on any atom is -0.462 e. The Balaban J connectivity index is 2.27. The summed E-state index contributed by atoms with van der Waals surface area (Å²) in [5, 5.41) is 7.40. The maximum Gasteiger partial charge on any atom is 0.396 e. The average Bonchev–Trinajstić information content (AvgIpc) is 2.76. The SMILES string of the molecule is CCCCCCCc1nnc(C(=O)OC)o1. The maximum atomic E-state index is 11.0. The molecule has 1 rings (SSSR count). The van der Waals surface area contributed by atoms with E-state index in [1.165, 1.54) is 26.4 Å².